The molecular weight excluding hydrogens is 393 g/mol. The summed E-state index contributed by atoms with van der Waals surface area (Å²) < 4.78 is 8.40. The smallest absolute Gasteiger partial charge is 0.163 e. The van der Waals surface area contributed by atoms with Gasteiger partial charge in [-0.1, -0.05) is 31.2 Å². The van der Waals surface area contributed by atoms with Gasteiger partial charge in [0.15, 0.2) is 5.65 Å². The number of ether oxygens (including phenoxy) is 1. The molecule has 0 aliphatic carbocycles. The first kappa shape index (κ1) is 15.2. The normalized spacial score (nSPS) is 12.3. The Morgan fingerprint density at radius 2 is 2.11 bits per heavy atom. The van der Waals surface area contributed by atoms with Crippen LogP contribution in [-0.2, 0) is 11.5 Å². The van der Waals surface area contributed by atoms with Crippen molar-refractivity contribution in [3.63, 3.8) is 0 Å². The zero-order valence-electron chi connectivity index (χ0n) is 11.3. The topological polar surface area (TPSA) is 39.9 Å². The predicted octanol–water partition coefficient (Wildman–Crippen LogP) is 4.00. The molecule has 0 N–H and O–H groups in total. The molecule has 0 fully saturated rings. The van der Waals surface area contributed by atoms with Crippen LogP contribution in [0.2, 0.25) is 30.8 Å². The SMILES string of the molecule is C[Si](C)(C)CCOCn1nc(I)c2ccc(Cl)nc21. The van der Waals surface area contributed by atoms with Crippen LogP contribution in [-0.4, -0.2) is 29.4 Å². The number of hydrogen-bond acceptors (Lipinski definition) is 3. The summed E-state index contributed by atoms with van der Waals surface area (Å²) in [6, 6.07) is 4.87. The van der Waals surface area contributed by atoms with Gasteiger partial charge in [-0.05, 0) is 40.8 Å². The van der Waals surface area contributed by atoms with E-state index in [-0.39, 0.29) is 0 Å². The van der Waals surface area contributed by atoms with E-state index in [1.54, 1.807) is 10.7 Å². The lowest BCUT2D eigenvalue weighted by molar-refractivity contribution is 0.0810. The fraction of sp³-hybridized carbons (Fsp3) is 0.500. The molecule has 0 radical (unpaired) electrons. The number of fused-ring (bicyclic) bond motifs is 1. The lowest BCUT2D eigenvalue weighted by Crippen LogP contribution is -2.22. The highest BCUT2D eigenvalue weighted by molar-refractivity contribution is 14.1. The molecule has 0 aliphatic rings. The summed E-state index contributed by atoms with van der Waals surface area (Å²) in [7, 11) is -1.05. The number of aromatic nitrogens is 3. The first-order chi connectivity index (χ1) is 8.87. The van der Waals surface area contributed by atoms with Gasteiger partial charge < -0.3 is 4.74 Å². The minimum atomic E-state index is -1.05. The van der Waals surface area contributed by atoms with Crippen molar-refractivity contribution in [1.29, 1.82) is 0 Å². The fourth-order valence-corrected chi connectivity index (χ4v) is 3.19. The summed E-state index contributed by atoms with van der Waals surface area (Å²) in [6.07, 6.45) is 0. The predicted molar refractivity (Wildman–Crippen MR) is 89.4 cm³/mol. The first-order valence-electron chi connectivity index (χ1n) is 6.13. The highest BCUT2D eigenvalue weighted by Crippen LogP contribution is 2.20. The summed E-state index contributed by atoms with van der Waals surface area (Å²) in [6.45, 7) is 8.21. The second-order valence-corrected chi connectivity index (χ2v) is 12.7. The standard InChI is InChI=1S/C12H17ClIN3OSi/c1-19(2,3)7-6-18-8-17-12-9(11(14)16-17)4-5-10(13)15-12/h4-5H,6-8H2,1-3H3. The van der Waals surface area contributed by atoms with E-state index in [1.165, 1.54) is 0 Å². The Labute approximate surface area is 132 Å². The number of hydrogen-bond donors (Lipinski definition) is 0. The molecule has 0 saturated carbocycles. The van der Waals surface area contributed by atoms with Gasteiger partial charge in [-0.15, -0.1) is 0 Å². The maximum absolute atomic E-state index is 5.93. The van der Waals surface area contributed by atoms with Crippen LogP contribution in [0, 0.1) is 3.70 Å². The Balaban J connectivity index is 2.07. The van der Waals surface area contributed by atoms with E-state index in [0.29, 0.717) is 11.9 Å². The molecule has 0 aliphatic heterocycles. The van der Waals surface area contributed by atoms with Gasteiger partial charge in [-0.2, -0.15) is 5.10 Å². The number of rotatable bonds is 5. The third-order valence-electron chi connectivity index (χ3n) is 2.73. The van der Waals surface area contributed by atoms with Crippen LogP contribution < -0.4 is 0 Å². The van der Waals surface area contributed by atoms with Crippen molar-refractivity contribution >= 4 is 53.3 Å². The van der Waals surface area contributed by atoms with Crippen molar-refractivity contribution in [2.75, 3.05) is 6.61 Å². The molecule has 2 aromatic rings. The summed E-state index contributed by atoms with van der Waals surface area (Å²) >= 11 is 8.13. The Morgan fingerprint density at radius 1 is 1.37 bits per heavy atom. The first-order valence-corrected chi connectivity index (χ1v) is 11.3. The molecule has 19 heavy (non-hydrogen) atoms. The highest BCUT2D eigenvalue weighted by atomic mass is 127. The van der Waals surface area contributed by atoms with Crippen LogP contribution in [0.4, 0.5) is 0 Å². The molecule has 0 aromatic carbocycles. The van der Waals surface area contributed by atoms with E-state index in [4.69, 9.17) is 16.3 Å². The van der Waals surface area contributed by atoms with Crippen molar-refractivity contribution in [3.8, 4) is 0 Å². The molecule has 104 valence electrons. The molecule has 2 aromatic heterocycles. The van der Waals surface area contributed by atoms with Crippen LogP contribution >= 0.6 is 34.2 Å². The summed E-state index contributed by atoms with van der Waals surface area (Å²) in [4.78, 5) is 4.31. The molecule has 0 saturated heterocycles. The van der Waals surface area contributed by atoms with Gasteiger partial charge in [0.1, 0.15) is 15.6 Å². The van der Waals surface area contributed by atoms with E-state index >= 15 is 0 Å². The van der Waals surface area contributed by atoms with Crippen LogP contribution in [0.25, 0.3) is 11.0 Å². The largest absolute Gasteiger partial charge is 0.359 e. The van der Waals surface area contributed by atoms with Crippen LogP contribution in [0.3, 0.4) is 0 Å². The molecule has 7 heteroatoms. The average molecular weight is 410 g/mol. The third-order valence-corrected chi connectivity index (χ3v) is 5.44. The van der Waals surface area contributed by atoms with E-state index in [9.17, 15) is 0 Å². The lowest BCUT2D eigenvalue weighted by atomic mass is 10.4. The average Bonchev–Trinajstić information content (AvgIpc) is 2.60. The van der Waals surface area contributed by atoms with Gasteiger partial charge in [0.05, 0.1) is 5.39 Å². The molecule has 0 bridgehead atoms. The zero-order valence-corrected chi connectivity index (χ0v) is 15.2. The van der Waals surface area contributed by atoms with Crippen molar-refractivity contribution in [3.05, 3.63) is 21.0 Å². The molecule has 2 heterocycles. The Kier molecular flexibility index (Phi) is 4.86. The van der Waals surface area contributed by atoms with E-state index < -0.39 is 8.07 Å². The van der Waals surface area contributed by atoms with Gasteiger partial charge in [0.25, 0.3) is 0 Å². The minimum Gasteiger partial charge on any atom is -0.359 e. The van der Waals surface area contributed by atoms with Gasteiger partial charge in [0.2, 0.25) is 0 Å². The number of pyridine rings is 1. The third kappa shape index (κ3) is 4.14. The van der Waals surface area contributed by atoms with Crippen molar-refractivity contribution in [2.24, 2.45) is 0 Å². The van der Waals surface area contributed by atoms with Crippen molar-refractivity contribution in [2.45, 2.75) is 32.4 Å². The molecule has 0 spiro atoms. The molecule has 0 atom stereocenters. The monoisotopic (exact) mass is 409 g/mol. The molecular formula is C12H17ClIN3OSi. The van der Waals surface area contributed by atoms with Crippen molar-refractivity contribution < 1.29 is 4.74 Å². The molecule has 2 rings (SSSR count). The Morgan fingerprint density at radius 3 is 2.79 bits per heavy atom. The van der Waals surface area contributed by atoms with E-state index in [2.05, 4.69) is 52.3 Å². The maximum Gasteiger partial charge on any atom is 0.163 e. The van der Waals surface area contributed by atoms with Crippen molar-refractivity contribution in [1.82, 2.24) is 14.8 Å². The molecule has 0 amide bonds. The number of nitrogens with zero attached hydrogens (tertiary/aromatic N) is 3. The molecule has 4 nitrogen and oxygen atoms in total. The van der Waals surface area contributed by atoms with Gasteiger partial charge >= 0.3 is 0 Å². The molecule has 0 unspecified atom stereocenters. The van der Waals surface area contributed by atoms with Crippen LogP contribution in [0.15, 0.2) is 12.1 Å². The Hall–Kier alpha value is -0.183. The quantitative estimate of drug-likeness (QED) is 0.324. The fourth-order valence-electron chi connectivity index (χ4n) is 1.61. The minimum absolute atomic E-state index is 0.428. The second-order valence-electron chi connectivity index (χ2n) is 5.64. The number of halogens is 2. The Bertz CT molecular complexity index is 582. The zero-order chi connectivity index (χ0) is 14.0. The summed E-state index contributed by atoms with van der Waals surface area (Å²) in [5.41, 5.74) is 0.782. The lowest BCUT2D eigenvalue weighted by Gasteiger charge is -2.15. The van der Waals surface area contributed by atoms with Crippen LogP contribution in [0.1, 0.15) is 0 Å². The second kappa shape index (κ2) is 6.07. The van der Waals surface area contributed by atoms with E-state index in [0.717, 1.165) is 27.4 Å². The van der Waals surface area contributed by atoms with Crippen LogP contribution in [0.5, 0.6) is 0 Å². The highest BCUT2D eigenvalue weighted by Gasteiger charge is 2.13. The summed E-state index contributed by atoms with van der Waals surface area (Å²) in [5.74, 6) is 0. The van der Waals surface area contributed by atoms with Gasteiger partial charge in [-0.3, -0.25) is 0 Å². The van der Waals surface area contributed by atoms with E-state index in [1.807, 2.05) is 6.07 Å². The summed E-state index contributed by atoms with van der Waals surface area (Å²) in [5, 5.41) is 5.93. The maximum atomic E-state index is 5.93. The van der Waals surface area contributed by atoms with Gasteiger partial charge in [0, 0.05) is 14.7 Å². The van der Waals surface area contributed by atoms with Gasteiger partial charge in [-0.25, -0.2) is 9.67 Å².